The maximum absolute atomic E-state index is 5.55. The Kier molecular flexibility index (Phi) is 1.61. The molecule has 2 radical (unpaired) electrons. The van der Waals surface area contributed by atoms with E-state index in [1.54, 1.807) is 0 Å². The third-order valence-electron chi connectivity index (χ3n) is 1.65. The Balaban J connectivity index is 2.39. The summed E-state index contributed by atoms with van der Waals surface area (Å²) in [5.41, 5.74) is 0. The van der Waals surface area contributed by atoms with Crippen LogP contribution < -0.4 is 0 Å². The van der Waals surface area contributed by atoms with Gasteiger partial charge in [-0.25, -0.2) is 0 Å². The molecule has 0 aromatic rings. The van der Waals surface area contributed by atoms with Gasteiger partial charge in [-0.15, -0.1) is 0 Å². The Bertz CT molecular complexity index is 74.6. The summed E-state index contributed by atoms with van der Waals surface area (Å²) in [4.78, 5) is 0. The van der Waals surface area contributed by atoms with Crippen LogP contribution in [0.15, 0.2) is 0 Å². The number of rotatable bonds is 0. The summed E-state index contributed by atoms with van der Waals surface area (Å²) < 4.78 is 5.25. The molecule has 1 saturated heterocycles. The first-order valence-corrected chi connectivity index (χ1v) is 3.11. The zero-order valence-corrected chi connectivity index (χ0v) is 5.42. The van der Waals surface area contributed by atoms with Crippen LogP contribution in [0.1, 0.15) is 20.3 Å². The van der Waals surface area contributed by atoms with Crippen molar-refractivity contribution < 1.29 is 4.74 Å². The number of hydrogen-bond acceptors (Lipinski definition) is 1. The Morgan fingerprint density at radius 2 is 2.12 bits per heavy atom. The van der Waals surface area contributed by atoms with Gasteiger partial charge >= 0.3 is 0 Å². The van der Waals surface area contributed by atoms with Crippen LogP contribution in [0.3, 0.4) is 0 Å². The highest BCUT2D eigenvalue weighted by Gasteiger charge is 2.24. The van der Waals surface area contributed by atoms with Gasteiger partial charge in [-0.2, -0.15) is 0 Å². The summed E-state index contributed by atoms with van der Waals surface area (Å²) in [6, 6.07) is -0.00926. The summed E-state index contributed by atoms with van der Waals surface area (Å²) in [5, 5.41) is 0. The molecule has 1 fully saturated rings. The minimum absolute atomic E-state index is 0.00926. The Labute approximate surface area is 51.8 Å². The van der Waals surface area contributed by atoms with Gasteiger partial charge in [0.25, 0.3) is 0 Å². The highest BCUT2D eigenvalue weighted by Crippen LogP contribution is 2.22. The molecule has 0 saturated carbocycles. The van der Waals surface area contributed by atoms with Crippen LogP contribution in [-0.4, -0.2) is 20.0 Å². The molecule has 1 heterocycles. The molecule has 0 spiro atoms. The first kappa shape index (κ1) is 6.15. The highest BCUT2D eigenvalue weighted by atomic mass is 16.5. The van der Waals surface area contributed by atoms with Gasteiger partial charge in [0, 0.05) is 6.00 Å². The molecule has 8 heavy (non-hydrogen) atoms. The van der Waals surface area contributed by atoms with Gasteiger partial charge in [0.2, 0.25) is 0 Å². The summed E-state index contributed by atoms with van der Waals surface area (Å²) >= 11 is 0. The molecule has 0 aromatic heterocycles. The molecule has 0 aromatic carbocycles. The summed E-state index contributed by atoms with van der Waals surface area (Å²) in [5.74, 6) is 0.546. The Morgan fingerprint density at radius 1 is 1.50 bits per heavy atom. The number of hydrogen-bond donors (Lipinski definition) is 0. The smallest absolute Gasteiger partial charge is 0.109 e. The fourth-order valence-corrected chi connectivity index (χ4v) is 1.12. The molecule has 1 nitrogen and oxygen atoms in total. The Hall–Kier alpha value is 0.0249. The van der Waals surface area contributed by atoms with Gasteiger partial charge in [-0.05, 0) is 19.3 Å². The Morgan fingerprint density at radius 3 is 2.25 bits per heavy atom. The van der Waals surface area contributed by atoms with Crippen molar-refractivity contribution in [3.63, 3.8) is 0 Å². The third-order valence-corrected chi connectivity index (χ3v) is 1.65. The quantitative estimate of drug-likeness (QED) is 0.421. The molecular weight excluding hydrogens is 98.9 g/mol. The molecule has 44 valence electrons. The minimum Gasteiger partial charge on any atom is -0.385 e. The van der Waals surface area contributed by atoms with Gasteiger partial charge in [0.05, 0.1) is 6.10 Å². The van der Waals surface area contributed by atoms with Crippen molar-refractivity contribution in [1.29, 1.82) is 0 Å². The van der Waals surface area contributed by atoms with Crippen molar-refractivity contribution in [3.05, 3.63) is 0 Å². The first-order valence-electron chi connectivity index (χ1n) is 3.11. The average molecular weight is 110 g/mol. The third kappa shape index (κ3) is 1.05. The van der Waals surface area contributed by atoms with Crippen LogP contribution in [0, 0.1) is 5.92 Å². The standard InChI is InChI=1S/C6H11BO/c1-4-3-5(2)8-6(4)7/h4-6H,3H2,1-2H3. The van der Waals surface area contributed by atoms with Crippen molar-refractivity contribution in [2.75, 3.05) is 0 Å². The topological polar surface area (TPSA) is 9.23 Å². The highest BCUT2D eigenvalue weighted by molar-refractivity contribution is 6.11. The normalized spacial score (nSPS) is 47.5. The van der Waals surface area contributed by atoms with Crippen LogP contribution in [-0.2, 0) is 4.74 Å². The van der Waals surface area contributed by atoms with Crippen molar-refractivity contribution in [2.24, 2.45) is 5.92 Å². The molecule has 3 atom stereocenters. The maximum atomic E-state index is 5.55. The SMILES string of the molecule is [B]C1OC(C)CC1C. The second-order valence-electron chi connectivity index (χ2n) is 2.62. The molecule has 3 unspecified atom stereocenters. The van der Waals surface area contributed by atoms with Crippen LogP contribution in [0.25, 0.3) is 0 Å². The van der Waals surface area contributed by atoms with E-state index >= 15 is 0 Å². The van der Waals surface area contributed by atoms with E-state index in [9.17, 15) is 0 Å². The van der Waals surface area contributed by atoms with Crippen LogP contribution >= 0.6 is 0 Å². The lowest BCUT2D eigenvalue weighted by Gasteiger charge is -2.06. The van der Waals surface area contributed by atoms with Crippen molar-refractivity contribution in [1.82, 2.24) is 0 Å². The van der Waals surface area contributed by atoms with Crippen molar-refractivity contribution in [3.8, 4) is 0 Å². The molecule has 0 N–H and O–H groups in total. The average Bonchev–Trinajstić information content (AvgIpc) is 1.85. The zero-order chi connectivity index (χ0) is 6.15. The largest absolute Gasteiger partial charge is 0.385 e. The number of ether oxygens (including phenoxy) is 1. The van der Waals surface area contributed by atoms with E-state index in [0.717, 1.165) is 6.42 Å². The van der Waals surface area contributed by atoms with Crippen molar-refractivity contribution >= 4 is 7.85 Å². The summed E-state index contributed by atoms with van der Waals surface area (Å²) in [7, 11) is 5.55. The van der Waals surface area contributed by atoms with Crippen LogP contribution in [0.4, 0.5) is 0 Å². The fraction of sp³-hybridized carbons (Fsp3) is 1.00. The first-order chi connectivity index (χ1) is 3.70. The van der Waals surface area contributed by atoms with E-state index in [1.165, 1.54) is 0 Å². The molecule has 0 amide bonds. The van der Waals surface area contributed by atoms with E-state index in [-0.39, 0.29) is 6.00 Å². The van der Waals surface area contributed by atoms with Crippen LogP contribution in [0.5, 0.6) is 0 Å². The summed E-state index contributed by atoms with van der Waals surface area (Å²) in [6.07, 6.45) is 1.49. The molecule has 1 aliphatic heterocycles. The van der Waals surface area contributed by atoms with Crippen LogP contribution in [0.2, 0.25) is 0 Å². The van der Waals surface area contributed by atoms with E-state index in [1.807, 2.05) is 0 Å². The van der Waals surface area contributed by atoms with Gasteiger partial charge in [-0.3, -0.25) is 0 Å². The molecule has 0 aliphatic carbocycles. The molecular formula is C6H11BO. The van der Waals surface area contributed by atoms with Gasteiger partial charge < -0.3 is 4.74 Å². The second-order valence-corrected chi connectivity index (χ2v) is 2.62. The lowest BCUT2D eigenvalue weighted by molar-refractivity contribution is 0.0948. The van der Waals surface area contributed by atoms with E-state index in [2.05, 4.69) is 13.8 Å². The molecule has 2 heteroatoms. The monoisotopic (exact) mass is 110 g/mol. The second kappa shape index (κ2) is 2.10. The van der Waals surface area contributed by atoms with Crippen molar-refractivity contribution in [2.45, 2.75) is 32.4 Å². The predicted octanol–water partition coefficient (Wildman–Crippen LogP) is 0.926. The van der Waals surface area contributed by atoms with Gasteiger partial charge in [0.1, 0.15) is 7.85 Å². The van der Waals surface area contributed by atoms with Gasteiger partial charge in [-0.1, -0.05) is 6.92 Å². The van der Waals surface area contributed by atoms with E-state index < -0.39 is 0 Å². The summed E-state index contributed by atoms with van der Waals surface area (Å²) in [6.45, 7) is 4.18. The van der Waals surface area contributed by atoms with Gasteiger partial charge in [0.15, 0.2) is 0 Å². The fourth-order valence-electron chi connectivity index (χ4n) is 1.12. The predicted molar refractivity (Wildman–Crippen MR) is 33.9 cm³/mol. The zero-order valence-electron chi connectivity index (χ0n) is 5.42. The molecule has 0 bridgehead atoms. The maximum Gasteiger partial charge on any atom is 0.109 e. The van der Waals surface area contributed by atoms with E-state index in [0.29, 0.717) is 12.0 Å². The molecule has 1 rings (SSSR count). The molecule has 1 aliphatic rings. The lowest BCUT2D eigenvalue weighted by atomic mass is 9.88. The minimum atomic E-state index is -0.00926. The van der Waals surface area contributed by atoms with E-state index in [4.69, 9.17) is 12.6 Å². The lowest BCUT2D eigenvalue weighted by Crippen LogP contribution is -2.12.